The molecular weight excluding hydrogens is 300 g/mol. The van der Waals surface area contributed by atoms with Crippen molar-refractivity contribution in [3.05, 3.63) is 69.2 Å². The zero-order valence-corrected chi connectivity index (χ0v) is 11.7. The molecule has 1 nitrogen and oxygen atoms in total. The molecule has 0 amide bonds. The highest BCUT2D eigenvalue weighted by molar-refractivity contribution is 9.10. The van der Waals surface area contributed by atoms with Crippen LogP contribution in [0.25, 0.3) is 0 Å². The first-order chi connectivity index (χ1) is 8.22. The van der Waals surface area contributed by atoms with E-state index in [-0.39, 0.29) is 6.10 Å². The lowest BCUT2D eigenvalue weighted by Gasteiger charge is -2.17. The first kappa shape index (κ1) is 12.6. The van der Waals surface area contributed by atoms with Crippen molar-refractivity contribution in [3.63, 3.8) is 0 Å². The number of ether oxygens (including phenoxy) is 1. The summed E-state index contributed by atoms with van der Waals surface area (Å²) >= 11 is 9.43. The molecule has 0 saturated carbocycles. The number of hydrogen-bond donors (Lipinski definition) is 0. The first-order valence-electron chi connectivity index (χ1n) is 5.25. The van der Waals surface area contributed by atoms with E-state index in [1.54, 1.807) is 7.11 Å². The summed E-state index contributed by atoms with van der Waals surface area (Å²) in [4.78, 5) is 0. The number of benzene rings is 2. The molecule has 1 unspecified atom stereocenters. The van der Waals surface area contributed by atoms with Gasteiger partial charge in [0.05, 0.1) is 0 Å². The van der Waals surface area contributed by atoms with Crippen LogP contribution in [0, 0.1) is 0 Å². The molecule has 0 radical (unpaired) electrons. The van der Waals surface area contributed by atoms with Crippen molar-refractivity contribution in [2.45, 2.75) is 6.10 Å². The summed E-state index contributed by atoms with van der Waals surface area (Å²) in [6, 6.07) is 15.8. The van der Waals surface area contributed by atoms with Gasteiger partial charge in [0.1, 0.15) is 6.10 Å². The van der Waals surface area contributed by atoms with Crippen molar-refractivity contribution < 1.29 is 4.74 Å². The minimum absolute atomic E-state index is 0.0807. The average molecular weight is 312 g/mol. The van der Waals surface area contributed by atoms with Crippen LogP contribution < -0.4 is 0 Å². The van der Waals surface area contributed by atoms with Gasteiger partial charge in [0.15, 0.2) is 0 Å². The maximum Gasteiger partial charge on any atom is 0.108 e. The lowest BCUT2D eigenvalue weighted by molar-refractivity contribution is 0.136. The Morgan fingerprint density at radius 3 is 2.29 bits per heavy atom. The summed E-state index contributed by atoms with van der Waals surface area (Å²) in [5.41, 5.74) is 2.20. The van der Waals surface area contributed by atoms with E-state index in [0.29, 0.717) is 0 Å². The van der Waals surface area contributed by atoms with Crippen LogP contribution in [0.3, 0.4) is 0 Å². The van der Waals surface area contributed by atoms with Gasteiger partial charge >= 0.3 is 0 Å². The maximum absolute atomic E-state index is 5.89. The number of methoxy groups -OCH3 is 1. The molecule has 0 bridgehead atoms. The van der Waals surface area contributed by atoms with Gasteiger partial charge in [-0.05, 0) is 29.3 Å². The van der Waals surface area contributed by atoms with Crippen molar-refractivity contribution in [2.75, 3.05) is 7.11 Å². The van der Waals surface area contributed by atoms with Crippen molar-refractivity contribution in [3.8, 4) is 0 Å². The van der Waals surface area contributed by atoms with Crippen LogP contribution in [0.15, 0.2) is 53.0 Å². The summed E-state index contributed by atoms with van der Waals surface area (Å²) in [6.45, 7) is 0. The van der Waals surface area contributed by atoms with Crippen LogP contribution in [-0.4, -0.2) is 7.11 Å². The SMILES string of the molecule is COC(c1ccc(Cl)cc1)c1ccccc1Br. The summed E-state index contributed by atoms with van der Waals surface area (Å²) in [6.07, 6.45) is -0.0807. The van der Waals surface area contributed by atoms with E-state index < -0.39 is 0 Å². The zero-order chi connectivity index (χ0) is 12.3. The van der Waals surface area contributed by atoms with Gasteiger partial charge in [0.2, 0.25) is 0 Å². The highest BCUT2D eigenvalue weighted by atomic mass is 79.9. The summed E-state index contributed by atoms with van der Waals surface area (Å²) in [5.74, 6) is 0. The molecule has 2 rings (SSSR count). The molecule has 2 aromatic rings. The minimum Gasteiger partial charge on any atom is -0.372 e. The van der Waals surface area contributed by atoms with E-state index in [2.05, 4.69) is 15.9 Å². The Hall–Kier alpha value is -0.830. The van der Waals surface area contributed by atoms with E-state index >= 15 is 0 Å². The van der Waals surface area contributed by atoms with Crippen LogP contribution in [0.2, 0.25) is 5.02 Å². The van der Waals surface area contributed by atoms with Crippen LogP contribution >= 0.6 is 27.5 Å². The van der Waals surface area contributed by atoms with Gasteiger partial charge in [-0.2, -0.15) is 0 Å². The van der Waals surface area contributed by atoms with Gasteiger partial charge in [0.25, 0.3) is 0 Å². The van der Waals surface area contributed by atoms with E-state index in [4.69, 9.17) is 16.3 Å². The molecule has 0 heterocycles. The van der Waals surface area contributed by atoms with Crippen LogP contribution in [0.4, 0.5) is 0 Å². The van der Waals surface area contributed by atoms with Crippen LogP contribution in [-0.2, 0) is 4.74 Å². The van der Waals surface area contributed by atoms with Crippen LogP contribution in [0.5, 0.6) is 0 Å². The predicted molar refractivity (Wildman–Crippen MR) is 74.4 cm³/mol. The predicted octanol–water partition coefficient (Wildman–Crippen LogP) is 4.84. The normalized spacial score (nSPS) is 12.4. The van der Waals surface area contributed by atoms with Crippen molar-refractivity contribution >= 4 is 27.5 Å². The molecule has 0 aliphatic carbocycles. The maximum atomic E-state index is 5.89. The summed E-state index contributed by atoms with van der Waals surface area (Å²) < 4.78 is 6.61. The van der Waals surface area contributed by atoms with E-state index in [1.807, 2.05) is 48.5 Å². The monoisotopic (exact) mass is 310 g/mol. The summed E-state index contributed by atoms with van der Waals surface area (Å²) in [5, 5.41) is 0.732. The molecule has 3 heteroatoms. The van der Waals surface area contributed by atoms with Gasteiger partial charge in [-0.15, -0.1) is 0 Å². The van der Waals surface area contributed by atoms with Crippen LogP contribution in [0.1, 0.15) is 17.2 Å². The van der Waals surface area contributed by atoms with Crippen molar-refractivity contribution in [2.24, 2.45) is 0 Å². The number of rotatable bonds is 3. The molecule has 88 valence electrons. The fourth-order valence-corrected chi connectivity index (χ4v) is 2.39. The Bertz CT molecular complexity index is 496. The standard InChI is InChI=1S/C14H12BrClO/c1-17-14(10-6-8-11(16)9-7-10)12-4-2-3-5-13(12)15/h2-9,14H,1H3. The fourth-order valence-electron chi connectivity index (χ4n) is 1.77. The molecule has 0 aliphatic heterocycles. The Kier molecular flexibility index (Phi) is 4.21. The minimum atomic E-state index is -0.0807. The van der Waals surface area contributed by atoms with Gasteiger partial charge in [-0.25, -0.2) is 0 Å². The fraction of sp³-hybridized carbons (Fsp3) is 0.143. The smallest absolute Gasteiger partial charge is 0.108 e. The van der Waals surface area contributed by atoms with Crippen molar-refractivity contribution in [1.82, 2.24) is 0 Å². The average Bonchev–Trinajstić information content (AvgIpc) is 2.35. The quantitative estimate of drug-likeness (QED) is 0.788. The molecule has 0 aliphatic rings. The summed E-state index contributed by atoms with van der Waals surface area (Å²) in [7, 11) is 1.71. The molecule has 17 heavy (non-hydrogen) atoms. The van der Waals surface area contributed by atoms with Gasteiger partial charge in [-0.3, -0.25) is 0 Å². The van der Waals surface area contributed by atoms with Crippen molar-refractivity contribution in [1.29, 1.82) is 0 Å². The molecule has 0 N–H and O–H groups in total. The largest absolute Gasteiger partial charge is 0.372 e. The lowest BCUT2D eigenvalue weighted by atomic mass is 10.0. The molecule has 0 fully saturated rings. The Morgan fingerprint density at radius 1 is 1.06 bits per heavy atom. The third kappa shape index (κ3) is 2.89. The zero-order valence-electron chi connectivity index (χ0n) is 9.36. The Labute approximate surface area is 115 Å². The number of hydrogen-bond acceptors (Lipinski definition) is 1. The third-order valence-corrected chi connectivity index (χ3v) is 3.57. The first-order valence-corrected chi connectivity index (χ1v) is 6.42. The second kappa shape index (κ2) is 5.67. The highest BCUT2D eigenvalue weighted by Gasteiger charge is 2.15. The third-order valence-electron chi connectivity index (χ3n) is 2.60. The topological polar surface area (TPSA) is 9.23 Å². The molecule has 0 aromatic heterocycles. The molecule has 2 aromatic carbocycles. The highest BCUT2D eigenvalue weighted by Crippen LogP contribution is 2.31. The molecule has 1 atom stereocenters. The molecule has 0 spiro atoms. The molecular formula is C14H12BrClO. The number of halogens is 2. The molecule has 0 saturated heterocycles. The van der Waals surface area contributed by atoms with E-state index in [0.717, 1.165) is 20.6 Å². The Balaban J connectivity index is 2.40. The van der Waals surface area contributed by atoms with E-state index in [9.17, 15) is 0 Å². The van der Waals surface area contributed by atoms with E-state index in [1.165, 1.54) is 0 Å². The second-order valence-electron chi connectivity index (χ2n) is 3.69. The Morgan fingerprint density at radius 2 is 1.71 bits per heavy atom. The van der Waals surface area contributed by atoms with Gasteiger partial charge in [0, 0.05) is 16.6 Å². The van der Waals surface area contributed by atoms with Gasteiger partial charge < -0.3 is 4.74 Å². The van der Waals surface area contributed by atoms with Gasteiger partial charge in [-0.1, -0.05) is 57.9 Å². The second-order valence-corrected chi connectivity index (χ2v) is 4.98. The lowest BCUT2D eigenvalue weighted by Crippen LogP contribution is -2.04.